The average Bonchev–Trinajstić information content (AvgIpc) is 3.40. The van der Waals surface area contributed by atoms with Gasteiger partial charge in [0.1, 0.15) is 42.4 Å². The molecule has 0 spiro atoms. The van der Waals surface area contributed by atoms with Gasteiger partial charge < -0.3 is 39.7 Å². The Kier molecular flexibility index (Phi) is 7.25. The minimum Gasteiger partial charge on any atom is -0.394 e. The standard InChI is InChI=1S/C19H27N5O10/c1-8-3-24(19(31)20-17(8)30)13-2-10(26)11(33-13)5-23-4-9(21-22-23)7-32-18-16(29)15(28)14(27)12(6-25)34-18/h3-4,10-16,18,25-29H,2,5-7H2,1H3,(H,20,30,31)/t10-,11+,12+,13+,14+,15-,16+,18-/m0/s1. The van der Waals surface area contributed by atoms with E-state index in [2.05, 4.69) is 15.3 Å². The maximum Gasteiger partial charge on any atom is 0.330 e. The van der Waals surface area contributed by atoms with Gasteiger partial charge in [-0.1, -0.05) is 5.21 Å². The molecule has 15 heteroatoms. The quantitative estimate of drug-likeness (QED) is 0.222. The topological polar surface area (TPSA) is 214 Å². The molecule has 2 aromatic rings. The molecule has 4 heterocycles. The third-order valence-corrected chi connectivity index (χ3v) is 5.86. The van der Waals surface area contributed by atoms with Crippen molar-refractivity contribution in [3.8, 4) is 0 Å². The van der Waals surface area contributed by atoms with Crippen LogP contribution in [0.5, 0.6) is 0 Å². The second-order valence-corrected chi connectivity index (χ2v) is 8.35. The second kappa shape index (κ2) is 10.0. The molecule has 0 aromatic carbocycles. The van der Waals surface area contributed by atoms with Crippen molar-refractivity contribution in [3.63, 3.8) is 0 Å². The van der Waals surface area contributed by atoms with Gasteiger partial charge in [0, 0.05) is 18.2 Å². The monoisotopic (exact) mass is 485 g/mol. The van der Waals surface area contributed by atoms with Gasteiger partial charge in [-0.15, -0.1) is 5.10 Å². The third-order valence-electron chi connectivity index (χ3n) is 5.86. The third kappa shape index (κ3) is 4.96. The number of rotatable bonds is 7. The molecular weight excluding hydrogens is 458 g/mol. The van der Waals surface area contributed by atoms with Crippen molar-refractivity contribution in [2.24, 2.45) is 0 Å². The zero-order valence-electron chi connectivity index (χ0n) is 18.2. The molecule has 4 rings (SSSR count). The SMILES string of the molecule is Cc1cn([C@H]2C[C@H](O)[C@@H](Cn3cc(CO[C@H]4O[C@H](CO)[C@@H](O)[C@H](O)[C@H]4O)nn3)O2)c(=O)[nH]c1=O. The number of aromatic amines is 1. The fourth-order valence-electron chi connectivity index (χ4n) is 3.90. The van der Waals surface area contributed by atoms with E-state index >= 15 is 0 Å². The van der Waals surface area contributed by atoms with Crippen molar-refractivity contribution in [1.82, 2.24) is 24.5 Å². The van der Waals surface area contributed by atoms with Crippen molar-refractivity contribution in [2.45, 2.75) is 75.6 Å². The van der Waals surface area contributed by atoms with Crippen molar-refractivity contribution in [1.29, 1.82) is 0 Å². The molecule has 2 aliphatic rings. The van der Waals surface area contributed by atoms with Crippen LogP contribution in [0.3, 0.4) is 0 Å². The summed E-state index contributed by atoms with van der Waals surface area (Å²) in [5.74, 6) is 0. The lowest BCUT2D eigenvalue weighted by atomic mass is 9.99. The van der Waals surface area contributed by atoms with Gasteiger partial charge in [-0.05, 0) is 6.92 Å². The first-order chi connectivity index (χ1) is 16.2. The molecule has 0 saturated carbocycles. The molecule has 2 saturated heterocycles. The molecular formula is C19H27N5O10. The normalized spacial score (nSPS) is 33.9. The highest BCUT2D eigenvalue weighted by atomic mass is 16.7. The van der Waals surface area contributed by atoms with E-state index in [1.807, 2.05) is 0 Å². The van der Waals surface area contributed by atoms with Gasteiger partial charge in [0.25, 0.3) is 5.56 Å². The highest BCUT2D eigenvalue weighted by molar-refractivity contribution is 5.02. The van der Waals surface area contributed by atoms with Crippen molar-refractivity contribution in [2.75, 3.05) is 6.61 Å². The van der Waals surface area contributed by atoms with Crippen LogP contribution in [0.2, 0.25) is 0 Å². The molecule has 0 unspecified atom stereocenters. The maximum atomic E-state index is 12.1. The van der Waals surface area contributed by atoms with Crippen LogP contribution >= 0.6 is 0 Å². The first-order valence-electron chi connectivity index (χ1n) is 10.6. The Morgan fingerprint density at radius 3 is 2.62 bits per heavy atom. The molecule has 2 aliphatic heterocycles. The number of aromatic nitrogens is 5. The Hall–Kier alpha value is -2.50. The Bertz CT molecular complexity index is 1100. The number of hydrogen-bond donors (Lipinski definition) is 6. The summed E-state index contributed by atoms with van der Waals surface area (Å²) in [5.41, 5.74) is -0.450. The predicted molar refractivity (Wildman–Crippen MR) is 109 cm³/mol. The van der Waals surface area contributed by atoms with Gasteiger partial charge in [-0.25, -0.2) is 9.48 Å². The summed E-state index contributed by atoms with van der Waals surface area (Å²) in [5, 5.41) is 57.2. The summed E-state index contributed by atoms with van der Waals surface area (Å²) >= 11 is 0. The first-order valence-corrected chi connectivity index (χ1v) is 10.6. The number of nitrogens with zero attached hydrogens (tertiary/aromatic N) is 4. The fraction of sp³-hybridized carbons (Fsp3) is 0.684. The van der Waals surface area contributed by atoms with E-state index in [9.17, 15) is 35.1 Å². The molecule has 6 N–H and O–H groups in total. The number of ether oxygens (including phenoxy) is 3. The molecule has 188 valence electrons. The maximum absolute atomic E-state index is 12.1. The van der Waals surface area contributed by atoms with E-state index in [1.54, 1.807) is 6.92 Å². The molecule has 0 bridgehead atoms. The molecule has 34 heavy (non-hydrogen) atoms. The average molecular weight is 485 g/mol. The first kappa shape index (κ1) is 24.6. The van der Waals surface area contributed by atoms with Crippen LogP contribution in [0, 0.1) is 6.92 Å². The lowest BCUT2D eigenvalue weighted by Crippen LogP contribution is -2.59. The number of aryl methyl sites for hydroxylation is 1. The number of aliphatic hydroxyl groups is 5. The zero-order valence-corrected chi connectivity index (χ0v) is 18.2. The molecule has 8 atom stereocenters. The summed E-state index contributed by atoms with van der Waals surface area (Å²) in [6.45, 7) is 0.935. The summed E-state index contributed by atoms with van der Waals surface area (Å²) in [7, 11) is 0. The van der Waals surface area contributed by atoms with E-state index in [-0.39, 0.29) is 19.6 Å². The minimum absolute atomic E-state index is 0.113. The van der Waals surface area contributed by atoms with Gasteiger partial charge in [0.15, 0.2) is 6.29 Å². The van der Waals surface area contributed by atoms with Crippen LogP contribution < -0.4 is 11.2 Å². The summed E-state index contributed by atoms with van der Waals surface area (Å²) < 4.78 is 19.1. The van der Waals surface area contributed by atoms with Crippen LogP contribution in [0.1, 0.15) is 23.9 Å². The van der Waals surface area contributed by atoms with E-state index in [4.69, 9.17) is 14.2 Å². The van der Waals surface area contributed by atoms with E-state index < -0.39 is 67.0 Å². The summed E-state index contributed by atoms with van der Waals surface area (Å²) in [4.78, 5) is 25.9. The van der Waals surface area contributed by atoms with Crippen molar-refractivity contribution < 1.29 is 39.7 Å². The lowest BCUT2D eigenvalue weighted by Gasteiger charge is -2.39. The van der Waals surface area contributed by atoms with Crippen LogP contribution in [0.15, 0.2) is 22.0 Å². The smallest absolute Gasteiger partial charge is 0.330 e. The van der Waals surface area contributed by atoms with E-state index in [1.165, 1.54) is 21.6 Å². The molecule has 0 amide bonds. The number of hydrogen-bond acceptors (Lipinski definition) is 12. The Labute approximate surface area is 191 Å². The number of aliphatic hydroxyl groups excluding tert-OH is 5. The molecule has 2 fully saturated rings. The Balaban J connectivity index is 1.35. The zero-order chi connectivity index (χ0) is 24.6. The number of nitrogens with one attached hydrogen (secondary N) is 1. The van der Waals surface area contributed by atoms with E-state index in [0.29, 0.717) is 11.3 Å². The van der Waals surface area contributed by atoms with Gasteiger partial charge in [-0.3, -0.25) is 14.3 Å². The summed E-state index contributed by atoms with van der Waals surface area (Å²) in [6.07, 6.45) is -6.31. The van der Waals surface area contributed by atoms with Crippen molar-refractivity contribution >= 4 is 0 Å². The van der Waals surface area contributed by atoms with Gasteiger partial charge in [-0.2, -0.15) is 0 Å². The Morgan fingerprint density at radius 2 is 1.88 bits per heavy atom. The van der Waals surface area contributed by atoms with Gasteiger partial charge >= 0.3 is 5.69 Å². The number of H-pyrrole nitrogens is 1. The highest BCUT2D eigenvalue weighted by Crippen LogP contribution is 2.28. The largest absolute Gasteiger partial charge is 0.394 e. The van der Waals surface area contributed by atoms with E-state index in [0.717, 1.165) is 0 Å². The van der Waals surface area contributed by atoms with Crippen molar-refractivity contribution in [3.05, 3.63) is 44.5 Å². The molecule has 0 aliphatic carbocycles. The highest BCUT2D eigenvalue weighted by Gasteiger charge is 2.44. The minimum atomic E-state index is -1.56. The van der Waals surface area contributed by atoms with Gasteiger partial charge in [0.05, 0.1) is 32.1 Å². The van der Waals surface area contributed by atoms with Gasteiger partial charge in [0.2, 0.25) is 0 Å². The predicted octanol–water partition coefficient (Wildman–Crippen LogP) is -3.90. The fourth-order valence-corrected chi connectivity index (χ4v) is 3.90. The lowest BCUT2D eigenvalue weighted by molar-refractivity contribution is -0.304. The van der Waals surface area contributed by atoms with Crippen LogP contribution in [-0.2, 0) is 27.4 Å². The summed E-state index contributed by atoms with van der Waals surface area (Å²) in [6, 6.07) is 0. The Morgan fingerprint density at radius 1 is 1.12 bits per heavy atom. The van der Waals surface area contributed by atoms with Crippen LogP contribution in [0.4, 0.5) is 0 Å². The second-order valence-electron chi connectivity index (χ2n) is 8.35. The van der Waals surface area contributed by atoms with Crippen LogP contribution in [-0.4, -0.2) is 99.6 Å². The molecule has 15 nitrogen and oxygen atoms in total. The molecule has 2 aromatic heterocycles. The molecule has 0 radical (unpaired) electrons. The van der Waals surface area contributed by atoms with Crippen LogP contribution in [0.25, 0.3) is 0 Å².